The van der Waals surface area contributed by atoms with Crippen LogP contribution in [0.3, 0.4) is 0 Å². The molecule has 1 heterocycles. The van der Waals surface area contributed by atoms with Crippen LogP contribution in [0, 0.1) is 0 Å². The van der Waals surface area contributed by atoms with Gasteiger partial charge >= 0.3 is 6.18 Å². The van der Waals surface area contributed by atoms with Crippen molar-refractivity contribution in [3.8, 4) is 0 Å². The van der Waals surface area contributed by atoms with E-state index in [1.165, 1.54) is 0 Å². The van der Waals surface area contributed by atoms with Crippen LogP contribution in [0.1, 0.15) is 19.8 Å². The standard InChI is InChI=1S/C11H15F3N4O2S/c1-2-15-10-16-5-9(6-17-10)21(19,20)18(8-3-4-8)7-11(12,13)14/h5-6,8H,2-4,7H2,1H3,(H,15,16,17). The second-order valence-corrected chi connectivity index (χ2v) is 6.56. The predicted octanol–water partition coefficient (Wildman–Crippen LogP) is 1.62. The molecule has 1 N–H and O–H groups in total. The third-order valence-corrected chi connectivity index (χ3v) is 4.71. The molecule has 0 radical (unpaired) electrons. The van der Waals surface area contributed by atoms with Gasteiger partial charge in [0.05, 0.1) is 12.4 Å². The van der Waals surface area contributed by atoms with Gasteiger partial charge in [-0.15, -0.1) is 0 Å². The average Bonchev–Trinajstić information content (AvgIpc) is 3.20. The van der Waals surface area contributed by atoms with Gasteiger partial charge in [-0.25, -0.2) is 18.4 Å². The van der Waals surface area contributed by atoms with Gasteiger partial charge in [0.1, 0.15) is 11.4 Å². The molecule has 0 aliphatic heterocycles. The number of aromatic nitrogens is 2. The van der Waals surface area contributed by atoms with Gasteiger partial charge in [-0.3, -0.25) is 0 Å². The molecular formula is C11H15F3N4O2S. The Morgan fingerprint density at radius 2 is 1.90 bits per heavy atom. The summed E-state index contributed by atoms with van der Waals surface area (Å²) < 4.78 is 62.7. The monoisotopic (exact) mass is 324 g/mol. The molecule has 0 unspecified atom stereocenters. The molecule has 0 saturated heterocycles. The fraction of sp³-hybridized carbons (Fsp3) is 0.636. The molecule has 1 aromatic heterocycles. The average molecular weight is 324 g/mol. The lowest BCUT2D eigenvalue weighted by atomic mass is 10.6. The molecule has 118 valence electrons. The molecule has 0 atom stereocenters. The summed E-state index contributed by atoms with van der Waals surface area (Å²) in [5.74, 6) is 0.227. The summed E-state index contributed by atoms with van der Waals surface area (Å²) in [7, 11) is -4.24. The Hall–Kier alpha value is -1.42. The highest BCUT2D eigenvalue weighted by molar-refractivity contribution is 7.89. The Bertz CT molecular complexity index is 584. The van der Waals surface area contributed by atoms with Gasteiger partial charge in [0, 0.05) is 12.6 Å². The zero-order valence-corrected chi connectivity index (χ0v) is 12.1. The Morgan fingerprint density at radius 1 is 1.33 bits per heavy atom. The number of anilines is 1. The molecule has 1 saturated carbocycles. The van der Waals surface area contributed by atoms with Gasteiger partial charge < -0.3 is 5.32 Å². The van der Waals surface area contributed by atoms with E-state index >= 15 is 0 Å². The molecule has 0 bridgehead atoms. The van der Waals surface area contributed by atoms with Crippen molar-refractivity contribution in [1.29, 1.82) is 0 Å². The van der Waals surface area contributed by atoms with E-state index in [0.717, 1.165) is 12.4 Å². The van der Waals surface area contributed by atoms with Gasteiger partial charge in [-0.1, -0.05) is 0 Å². The predicted molar refractivity (Wildman–Crippen MR) is 69.2 cm³/mol. The van der Waals surface area contributed by atoms with Crippen molar-refractivity contribution in [2.24, 2.45) is 0 Å². The SMILES string of the molecule is CCNc1ncc(S(=O)(=O)N(CC(F)(F)F)C2CC2)cn1. The van der Waals surface area contributed by atoms with Gasteiger partial charge in [-0.05, 0) is 19.8 Å². The Morgan fingerprint density at radius 3 is 2.33 bits per heavy atom. The van der Waals surface area contributed by atoms with Crippen LogP contribution in [0.4, 0.5) is 19.1 Å². The van der Waals surface area contributed by atoms with Crippen molar-refractivity contribution in [2.75, 3.05) is 18.4 Å². The van der Waals surface area contributed by atoms with Crippen LogP contribution in [-0.4, -0.2) is 48.0 Å². The molecule has 0 amide bonds. The fourth-order valence-corrected chi connectivity index (χ4v) is 3.35. The van der Waals surface area contributed by atoms with Crippen LogP contribution in [0.5, 0.6) is 0 Å². The maximum Gasteiger partial charge on any atom is 0.402 e. The summed E-state index contributed by atoms with van der Waals surface area (Å²) in [5.41, 5.74) is 0. The zero-order chi connectivity index (χ0) is 15.7. The van der Waals surface area contributed by atoms with E-state index in [4.69, 9.17) is 0 Å². The van der Waals surface area contributed by atoms with E-state index in [-0.39, 0.29) is 10.8 Å². The van der Waals surface area contributed by atoms with Crippen molar-refractivity contribution in [3.05, 3.63) is 12.4 Å². The van der Waals surface area contributed by atoms with E-state index in [0.29, 0.717) is 23.7 Å². The van der Waals surface area contributed by atoms with Crippen LogP contribution in [0.2, 0.25) is 0 Å². The van der Waals surface area contributed by atoms with E-state index in [2.05, 4.69) is 15.3 Å². The van der Waals surface area contributed by atoms with E-state index < -0.39 is 28.8 Å². The summed E-state index contributed by atoms with van der Waals surface area (Å²) in [6.07, 6.45) is -1.67. The summed E-state index contributed by atoms with van der Waals surface area (Å²) in [5, 5.41) is 2.78. The fourth-order valence-electron chi connectivity index (χ4n) is 1.78. The number of hydrogen-bond donors (Lipinski definition) is 1. The number of rotatable bonds is 6. The Labute approximate surface area is 120 Å². The highest BCUT2D eigenvalue weighted by Crippen LogP contribution is 2.34. The molecule has 21 heavy (non-hydrogen) atoms. The van der Waals surface area contributed by atoms with Gasteiger partial charge in [0.2, 0.25) is 16.0 Å². The van der Waals surface area contributed by atoms with Crippen molar-refractivity contribution in [2.45, 2.75) is 36.9 Å². The minimum atomic E-state index is -4.58. The van der Waals surface area contributed by atoms with Crippen molar-refractivity contribution < 1.29 is 21.6 Å². The maximum absolute atomic E-state index is 12.6. The van der Waals surface area contributed by atoms with Gasteiger partial charge in [0.25, 0.3) is 0 Å². The van der Waals surface area contributed by atoms with Crippen LogP contribution in [0.25, 0.3) is 0 Å². The summed E-state index contributed by atoms with van der Waals surface area (Å²) >= 11 is 0. The highest BCUT2D eigenvalue weighted by Gasteiger charge is 2.44. The Kier molecular flexibility index (Phi) is 4.38. The molecular weight excluding hydrogens is 309 g/mol. The van der Waals surface area contributed by atoms with Crippen LogP contribution in [0.15, 0.2) is 17.3 Å². The van der Waals surface area contributed by atoms with Crippen molar-refractivity contribution in [3.63, 3.8) is 0 Å². The summed E-state index contributed by atoms with van der Waals surface area (Å²) in [6, 6.07) is -0.593. The van der Waals surface area contributed by atoms with Gasteiger partial charge in [-0.2, -0.15) is 17.5 Å². The maximum atomic E-state index is 12.6. The highest BCUT2D eigenvalue weighted by atomic mass is 32.2. The van der Waals surface area contributed by atoms with E-state index in [1.807, 2.05) is 6.92 Å². The first-order valence-corrected chi connectivity index (χ1v) is 7.82. The lowest BCUT2D eigenvalue weighted by molar-refractivity contribution is -0.137. The molecule has 6 nitrogen and oxygen atoms in total. The van der Waals surface area contributed by atoms with Crippen LogP contribution >= 0.6 is 0 Å². The smallest absolute Gasteiger partial charge is 0.355 e. The number of hydrogen-bond acceptors (Lipinski definition) is 5. The number of halogens is 3. The molecule has 1 fully saturated rings. The molecule has 1 aliphatic rings. The van der Waals surface area contributed by atoms with Crippen molar-refractivity contribution >= 4 is 16.0 Å². The molecule has 10 heteroatoms. The number of alkyl halides is 3. The topological polar surface area (TPSA) is 75.2 Å². The third kappa shape index (κ3) is 4.03. The molecule has 1 aromatic rings. The quantitative estimate of drug-likeness (QED) is 0.861. The first-order valence-electron chi connectivity index (χ1n) is 6.38. The minimum absolute atomic E-state index is 0.227. The van der Waals surface area contributed by atoms with Crippen LogP contribution in [-0.2, 0) is 10.0 Å². The molecule has 2 rings (SSSR count). The zero-order valence-electron chi connectivity index (χ0n) is 11.3. The first-order chi connectivity index (χ1) is 9.74. The van der Waals surface area contributed by atoms with Crippen molar-refractivity contribution in [1.82, 2.24) is 14.3 Å². The minimum Gasteiger partial charge on any atom is -0.355 e. The first kappa shape index (κ1) is 16.0. The second kappa shape index (κ2) is 5.76. The second-order valence-electron chi connectivity index (χ2n) is 4.67. The number of sulfonamides is 1. The van der Waals surface area contributed by atoms with Crippen LogP contribution < -0.4 is 5.32 Å². The van der Waals surface area contributed by atoms with Gasteiger partial charge in [0.15, 0.2) is 0 Å². The Balaban J connectivity index is 2.25. The normalized spacial score (nSPS) is 16.2. The van der Waals surface area contributed by atoms with E-state index in [1.54, 1.807) is 0 Å². The van der Waals surface area contributed by atoms with E-state index in [9.17, 15) is 21.6 Å². The third-order valence-electron chi connectivity index (χ3n) is 2.86. The number of nitrogens with zero attached hydrogens (tertiary/aromatic N) is 3. The summed E-state index contributed by atoms with van der Waals surface area (Å²) in [4.78, 5) is 7.23. The number of nitrogens with one attached hydrogen (secondary N) is 1. The molecule has 1 aliphatic carbocycles. The largest absolute Gasteiger partial charge is 0.402 e. The lowest BCUT2D eigenvalue weighted by Gasteiger charge is -2.22. The lowest BCUT2D eigenvalue weighted by Crippen LogP contribution is -2.40. The summed E-state index contributed by atoms with van der Waals surface area (Å²) in [6.45, 7) is 0.871. The molecule has 0 spiro atoms. The molecule has 0 aromatic carbocycles.